The van der Waals surface area contributed by atoms with Crippen LogP contribution in [0.2, 0.25) is 0 Å². The Morgan fingerprint density at radius 1 is 1.53 bits per heavy atom. The Hall–Kier alpha value is 0.01000. The summed E-state index contributed by atoms with van der Waals surface area (Å²) < 4.78 is 0. The lowest BCUT2D eigenvalue weighted by atomic mass is 10.0. The van der Waals surface area contributed by atoms with Crippen molar-refractivity contribution in [3.8, 4) is 0 Å². The summed E-state index contributed by atoms with van der Waals surface area (Å²) in [4.78, 5) is 2.64. The van der Waals surface area contributed by atoms with Crippen molar-refractivity contribution in [3.63, 3.8) is 0 Å². The molecule has 0 saturated carbocycles. The van der Waals surface area contributed by atoms with E-state index in [1.807, 2.05) is 17.8 Å². The monoisotopic (exact) mass is 256 g/mol. The van der Waals surface area contributed by atoms with Gasteiger partial charge in [0.15, 0.2) is 0 Å². The van der Waals surface area contributed by atoms with Crippen molar-refractivity contribution in [2.75, 3.05) is 31.1 Å². The number of thioether (sulfide) groups is 1. The molecule has 2 unspecified atom stereocenters. The van der Waals surface area contributed by atoms with Crippen molar-refractivity contribution < 1.29 is 0 Å². The van der Waals surface area contributed by atoms with Crippen LogP contribution in [0.15, 0.2) is 12.7 Å². The Morgan fingerprint density at radius 2 is 2.29 bits per heavy atom. The van der Waals surface area contributed by atoms with Crippen molar-refractivity contribution >= 4 is 11.8 Å². The quantitative estimate of drug-likeness (QED) is 0.557. The number of hydrogen-bond donors (Lipinski definition) is 1. The Labute approximate surface area is 111 Å². The van der Waals surface area contributed by atoms with E-state index in [4.69, 9.17) is 0 Å². The van der Waals surface area contributed by atoms with Crippen molar-refractivity contribution in [2.45, 2.75) is 39.3 Å². The summed E-state index contributed by atoms with van der Waals surface area (Å²) in [7, 11) is 0. The van der Waals surface area contributed by atoms with Crippen LogP contribution in [0.1, 0.15) is 27.2 Å². The second-order valence-electron chi connectivity index (χ2n) is 5.44. The van der Waals surface area contributed by atoms with Crippen LogP contribution >= 0.6 is 11.8 Å². The van der Waals surface area contributed by atoms with Crippen LogP contribution in [0, 0.1) is 5.92 Å². The third-order valence-electron chi connectivity index (χ3n) is 3.29. The van der Waals surface area contributed by atoms with Gasteiger partial charge >= 0.3 is 0 Å². The predicted octanol–water partition coefficient (Wildman–Crippen LogP) is 2.61. The van der Waals surface area contributed by atoms with Crippen molar-refractivity contribution in [2.24, 2.45) is 5.92 Å². The fourth-order valence-corrected chi connectivity index (χ4v) is 3.08. The minimum Gasteiger partial charge on any atom is -0.311 e. The van der Waals surface area contributed by atoms with Crippen molar-refractivity contribution in [1.29, 1.82) is 0 Å². The third kappa shape index (κ3) is 5.94. The summed E-state index contributed by atoms with van der Waals surface area (Å²) >= 11 is 1.98. The predicted molar refractivity (Wildman–Crippen MR) is 79.8 cm³/mol. The summed E-state index contributed by atoms with van der Waals surface area (Å²) in [6, 6.07) is 1.37. The van der Waals surface area contributed by atoms with E-state index in [0.717, 1.165) is 18.2 Å². The molecule has 0 aromatic rings. The zero-order chi connectivity index (χ0) is 12.7. The largest absolute Gasteiger partial charge is 0.311 e. The van der Waals surface area contributed by atoms with Gasteiger partial charge in [0.05, 0.1) is 0 Å². The van der Waals surface area contributed by atoms with Gasteiger partial charge < -0.3 is 5.32 Å². The van der Waals surface area contributed by atoms with E-state index in [1.165, 1.54) is 25.3 Å². The highest BCUT2D eigenvalue weighted by atomic mass is 32.2. The van der Waals surface area contributed by atoms with E-state index in [2.05, 4.69) is 37.6 Å². The molecule has 2 nitrogen and oxygen atoms in total. The van der Waals surface area contributed by atoms with Crippen LogP contribution in [0.3, 0.4) is 0 Å². The van der Waals surface area contributed by atoms with Crippen LogP contribution in [0.4, 0.5) is 0 Å². The summed E-state index contributed by atoms with van der Waals surface area (Å²) in [5.41, 5.74) is 0. The molecule has 1 rings (SSSR count). The van der Waals surface area contributed by atoms with E-state index in [9.17, 15) is 0 Å². The molecular weight excluding hydrogens is 228 g/mol. The average molecular weight is 256 g/mol. The minimum absolute atomic E-state index is 0.683. The number of nitrogens with one attached hydrogen (secondary N) is 1. The fraction of sp³-hybridized carbons (Fsp3) is 0.857. The van der Waals surface area contributed by atoms with Gasteiger partial charge in [-0.2, -0.15) is 11.8 Å². The molecule has 100 valence electrons. The molecule has 3 heteroatoms. The zero-order valence-corrected chi connectivity index (χ0v) is 12.4. The highest BCUT2D eigenvalue weighted by molar-refractivity contribution is 7.99. The second-order valence-corrected chi connectivity index (χ2v) is 6.59. The lowest BCUT2D eigenvalue weighted by Gasteiger charge is -2.39. The van der Waals surface area contributed by atoms with E-state index >= 15 is 0 Å². The van der Waals surface area contributed by atoms with E-state index in [-0.39, 0.29) is 0 Å². The van der Waals surface area contributed by atoms with E-state index < -0.39 is 0 Å². The number of piperazine rings is 1. The van der Waals surface area contributed by atoms with E-state index in [0.29, 0.717) is 12.1 Å². The Morgan fingerprint density at radius 3 is 2.94 bits per heavy atom. The molecule has 0 spiro atoms. The Bertz CT molecular complexity index is 218. The van der Waals surface area contributed by atoms with Gasteiger partial charge in [-0.05, 0) is 19.3 Å². The van der Waals surface area contributed by atoms with E-state index in [1.54, 1.807) is 0 Å². The minimum atomic E-state index is 0.683. The number of rotatable bonds is 7. The average Bonchev–Trinajstić information content (AvgIpc) is 2.28. The maximum atomic E-state index is 3.76. The topological polar surface area (TPSA) is 15.3 Å². The van der Waals surface area contributed by atoms with Gasteiger partial charge in [0, 0.05) is 43.2 Å². The maximum Gasteiger partial charge on any atom is 0.0198 e. The summed E-state index contributed by atoms with van der Waals surface area (Å²) in [5.74, 6) is 3.10. The third-order valence-corrected chi connectivity index (χ3v) is 4.24. The molecule has 0 amide bonds. The van der Waals surface area contributed by atoms with Gasteiger partial charge in [-0.15, -0.1) is 6.58 Å². The molecule has 0 bridgehead atoms. The first-order valence-corrected chi connectivity index (χ1v) is 7.95. The molecule has 1 aliphatic heterocycles. The second kappa shape index (κ2) is 8.17. The highest BCUT2D eigenvalue weighted by Crippen LogP contribution is 2.14. The zero-order valence-electron chi connectivity index (χ0n) is 11.6. The molecule has 0 aromatic carbocycles. The van der Waals surface area contributed by atoms with Crippen LogP contribution < -0.4 is 5.32 Å². The fourth-order valence-electron chi connectivity index (χ4n) is 2.38. The maximum absolute atomic E-state index is 3.76. The normalized spacial score (nSPS) is 26.4. The van der Waals surface area contributed by atoms with Crippen LogP contribution in [-0.2, 0) is 0 Å². The van der Waals surface area contributed by atoms with Crippen molar-refractivity contribution in [3.05, 3.63) is 12.7 Å². The lowest BCUT2D eigenvalue weighted by Crippen LogP contribution is -2.56. The van der Waals surface area contributed by atoms with Crippen LogP contribution in [0.5, 0.6) is 0 Å². The van der Waals surface area contributed by atoms with Crippen LogP contribution in [0.25, 0.3) is 0 Å². The highest BCUT2D eigenvalue weighted by Gasteiger charge is 2.24. The van der Waals surface area contributed by atoms with Gasteiger partial charge in [0.25, 0.3) is 0 Å². The Balaban J connectivity index is 2.27. The molecule has 0 radical (unpaired) electrons. The molecule has 1 N–H and O–H groups in total. The van der Waals surface area contributed by atoms with Gasteiger partial charge in [-0.25, -0.2) is 0 Å². The summed E-state index contributed by atoms with van der Waals surface area (Å²) in [6.45, 7) is 14.3. The molecular formula is C14H28N2S. The summed E-state index contributed by atoms with van der Waals surface area (Å²) in [5, 5.41) is 3.67. The first-order valence-electron chi connectivity index (χ1n) is 6.79. The molecule has 0 aromatic heterocycles. The molecule has 0 aliphatic carbocycles. The van der Waals surface area contributed by atoms with Crippen molar-refractivity contribution in [1.82, 2.24) is 10.2 Å². The smallest absolute Gasteiger partial charge is 0.0198 e. The first kappa shape index (κ1) is 15.1. The Kier molecular flexibility index (Phi) is 7.24. The summed E-state index contributed by atoms with van der Waals surface area (Å²) in [6.07, 6.45) is 3.29. The molecule has 1 saturated heterocycles. The molecule has 1 aliphatic rings. The standard InChI is InChI=1S/C14H28N2S/c1-5-7-17-8-6-16-11-14(9-12(2)3)15-10-13(16)4/h5,12-15H,1,6-11H2,2-4H3. The van der Waals surface area contributed by atoms with Gasteiger partial charge in [0.2, 0.25) is 0 Å². The lowest BCUT2D eigenvalue weighted by molar-refractivity contribution is 0.140. The molecule has 1 fully saturated rings. The first-order chi connectivity index (χ1) is 8.13. The molecule has 1 heterocycles. The van der Waals surface area contributed by atoms with Gasteiger partial charge in [0.1, 0.15) is 0 Å². The van der Waals surface area contributed by atoms with Gasteiger partial charge in [-0.1, -0.05) is 19.9 Å². The molecule has 2 atom stereocenters. The van der Waals surface area contributed by atoms with Gasteiger partial charge in [-0.3, -0.25) is 4.90 Å². The number of nitrogens with zero attached hydrogens (tertiary/aromatic N) is 1. The SMILES string of the molecule is C=CCSCCN1CC(CC(C)C)NCC1C. The number of hydrogen-bond acceptors (Lipinski definition) is 3. The molecule has 17 heavy (non-hydrogen) atoms. The van der Waals surface area contributed by atoms with Crippen LogP contribution in [-0.4, -0.2) is 48.1 Å².